The van der Waals surface area contributed by atoms with Crippen molar-refractivity contribution in [3.8, 4) is 0 Å². The molecule has 1 aliphatic heterocycles. The maximum atomic E-state index is 12.3. The first kappa shape index (κ1) is 16.2. The van der Waals surface area contributed by atoms with Crippen LogP contribution in [0.15, 0.2) is 23.1 Å². The Bertz CT molecular complexity index is 733. The maximum Gasteiger partial charge on any atom is 0.223 e. The van der Waals surface area contributed by atoms with Crippen molar-refractivity contribution in [3.05, 3.63) is 18.2 Å². The van der Waals surface area contributed by atoms with Crippen molar-refractivity contribution in [2.45, 2.75) is 43.0 Å². The number of carbonyl (C=O) groups is 1. The third kappa shape index (κ3) is 3.26. The molecule has 1 saturated heterocycles. The number of fused-ring (bicyclic) bond motifs is 1. The molecule has 2 heterocycles. The Hall–Kier alpha value is -1.27. The number of benzene rings is 1. The lowest BCUT2D eigenvalue weighted by Crippen LogP contribution is -2.46. The first-order valence-electron chi connectivity index (χ1n) is 8.73. The van der Waals surface area contributed by atoms with Gasteiger partial charge >= 0.3 is 0 Å². The van der Waals surface area contributed by atoms with Crippen LogP contribution < -0.4 is 10.2 Å². The van der Waals surface area contributed by atoms with Gasteiger partial charge in [-0.3, -0.25) is 4.79 Å². The number of nitrogens with zero attached hydrogens (tertiary/aromatic N) is 2. The van der Waals surface area contributed by atoms with E-state index in [2.05, 4.69) is 34.7 Å². The molecule has 1 aliphatic carbocycles. The molecule has 0 spiro atoms. The molecule has 1 aromatic carbocycles. The molecule has 2 aromatic rings. The summed E-state index contributed by atoms with van der Waals surface area (Å²) in [5.74, 6) is 0.451. The molecule has 1 N–H and O–H groups in total. The van der Waals surface area contributed by atoms with Crippen molar-refractivity contribution in [2.75, 3.05) is 24.2 Å². The number of anilines is 1. The van der Waals surface area contributed by atoms with Gasteiger partial charge in [-0.05, 0) is 56.6 Å². The van der Waals surface area contributed by atoms with E-state index in [4.69, 9.17) is 4.98 Å². The molecule has 4 nitrogen and oxygen atoms in total. The minimum atomic E-state index is 0.180. The molecule has 24 heavy (non-hydrogen) atoms. The van der Waals surface area contributed by atoms with Crippen LogP contribution in [0.3, 0.4) is 0 Å². The minimum Gasteiger partial charge on any atom is -0.353 e. The first-order chi connectivity index (χ1) is 11.7. The second-order valence-corrected chi connectivity index (χ2v) is 8.62. The van der Waals surface area contributed by atoms with Crippen molar-refractivity contribution >= 4 is 44.4 Å². The number of aromatic nitrogens is 1. The predicted octanol–water partition coefficient (Wildman–Crippen LogP) is 3.90. The molecule has 4 rings (SSSR count). The summed E-state index contributed by atoms with van der Waals surface area (Å²) >= 11 is 3.53. The van der Waals surface area contributed by atoms with E-state index < -0.39 is 0 Å². The van der Waals surface area contributed by atoms with E-state index in [0.717, 1.165) is 49.4 Å². The molecule has 1 amide bonds. The van der Waals surface area contributed by atoms with Crippen LogP contribution in [0.5, 0.6) is 0 Å². The molecular formula is C18H23N3OS2. The van der Waals surface area contributed by atoms with Gasteiger partial charge in [-0.25, -0.2) is 4.98 Å². The lowest BCUT2D eigenvalue weighted by Gasteiger charge is -2.33. The summed E-state index contributed by atoms with van der Waals surface area (Å²) in [5.41, 5.74) is 1.08. The molecule has 128 valence electrons. The fourth-order valence-electron chi connectivity index (χ4n) is 3.36. The van der Waals surface area contributed by atoms with E-state index in [-0.39, 0.29) is 11.8 Å². The van der Waals surface area contributed by atoms with E-state index in [1.165, 1.54) is 16.0 Å². The quantitative estimate of drug-likeness (QED) is 0.839. The Morgan fingerprint density at radius 2 is 2.08 bits per heavy atom. The highest BCUT2D eigenvalue weighted by Crippen LogP contribution is 2.33. The van der Waals surface area contributed by atoms with Crippen molar-refractivity contribution < 1.29 is 4.79 Å². The van der Waals surface area contributed by atoms with Crippen LogP contribution in [0.1, 0.15) is 32.1 Å². The Balaban J connectivity index is 1.39. The van der Waals surface area contributed by atoms with Gasteiger partial charge in [0.25, 0.3) is 0 Å². The van der Waals surface area contributed by atoms with Crippen molar-refractivity contribution in [2.24, 2.45) is 5.92 Å². The van der Waals surface area contributed by atoms with Crippen LogP contribution in [0.4, 0.5) is 5.13 Å². The monoisotopic (exact) mass is 361 g/mol. The van der Waals surface area contributed by atoms with Gasteiger partial charge < -0.3 is 10.2 Å². The third-order valence-corrected chi connectivity index (χ3v) is 6.98. The Kier molecular flexibility index (Phi) is 4.68. The van der Waals surface area contributed by atoms with E-state index in [1.807, 2.05) is 0 Å². The number of rotatable bonds is 4. The van der Waals surface area contributed by atoms with Gasteiger partial charge in [0.2, 0.25) is 5.91 Å². The van der Waals surface area contributed by atoms with Gasteiger partial charge in [-0.2, -0.15) is 0 Å². The standard InChI is InChI=1S/C18H23N3OS2/c1-23-14-5-6-15-16(11-14)24-18(20-15)21-9-7-12(8-10-21)17(22)19-13-3-2-4-13/h5-6,11-13H,2-4,7-10H2,1H3,(H,19,22). The summed E-state index contributed by atoms with van der Waals surface area (Å²) in [6, 6.07) is 6.92. The number of hydrogen-bond acceptors (Lipinski definition) is 5. The van der Waals surface area contributed by atoms with Crippen LogP contribution in [0, 0.1) is 5.92 Å². The van der Waals surface area contributed by atoms with Gasteiger partial charge in [0.1, 0.15) is 0 Å². The molecule has 6 heteroatoms. The van der Waals surface area contributed by atoms with Crippen molar-refractivity contribution in [3.63, 3.8) is 0 Å². The molecule has 0 atom stereocenters. The third-order valence-electron chi connectivity index (χ3n) is 5.17. The lowest BCUT2D eigenvalue weighted by atomic mass is 9.90. The number of thioether (sulfide) groups is 1. The fraction of sp³-hybridized carbons (Fsp3) is 0.556. The zero-order valence-electron chi connectivity index (χ0n) is 14.0. The molecule has 2 fully saturated rings. The number of hydrogen-bond donors (Lipinski definition) is 1. The molecule has 1 saturated carbocycles. The zero-order valence-corrected chi connectivity index (χ0v) is 15.6. The second kappa shape index (κ2) is 6.92. The number of amides is 1. The van der Waals surface area contributed by atoms with E-state index in [1.54, 1.807) is 23.1 Å². The lowest BCUT2D eigenvalue weighted by molar-refractivity contribution is -0.126. The highest BCUT2D eigenvalue weighted by Gasteiger charge is 2.29. The average molecular weight is 362 g/mol. The van der Waals surface area contributed by atoms with Gasteiger partial charge in [0.15, 0.2) is 5.13 Å². The minimum absolute atomic E-state index is 0.180. The smallest absolute Gasteiger partial charge is 0.223 e. The second-order valence-electron chi connectivity index (χ2n) is 6.73. The highest BCUT2D eigenvalue weighted by atomic mass is 32.2. The summed E-state index contributed by atoms with van der Waals surface area (Å²) in [7, 11) is 0. The summed E-state index contributed by atoms with van der Waals surface area (Å²) in [5, 5.41) is 4.30. The SMILES string of the molecule is CSc1ccc2nc(N3CCC(C(=O)NC4CCC4)CC3)sc2c1. The predicted molar refractivity (Wildman–Crippen MR) is 102 cm³/mol. The molecule has 0 bridgehead atoms. The van der Waals surface area contributed by atoms with Crippen LogP contribution in [-0.4, -0.2) is 36.3 Å². The van der Waals surface area contributed by atoms with E-state index >= 15 is 0 Å². The number of thiazole rings is 1. The topological polar surface area (TPSA) is 45.2 Å². The first-order valence-corrected chi connectivity index (χ1v) is 10.8. The molecule has 0 unspecified atom stereocenters. The van der Waals surface area contributed by atoms with Crippen LogP contribution >= 0.6 is 23.1 Å². The summed E-state index contributed by atoms with van der Waals surface area (Å²) in [4.78, 5) is 20.7. The summed E-state index contributed by atoms with van der Waals surface area (Å²) in [6.07, 6.45) is 7.56. The maximum absolute atomic E-state index is 12.3. The Morgan fingerprint density at radius 3 is 2.75 bits per heavy atom. The van der Waals surface area contributed by atoms with E-state index in [0.29, 0.717) is 6.04 Å². The fourth-order valence-corrected chi connectivity index (χ4v) is 4.93. The van der Waals surface area contributed by atoms with Crippen molar-refractivity contribution in [1.29, 1.82) is 0 Å². The highest BCUT2D eigenvalue weighted by molar-refractivity contribution is 7.98. The molecule has 0 radical (unpaired) electrons. The Morgan fingerprint density at radius 1 is 1.29 bits per heavy atom. The van der Waals surface area contributed by atoms with Gasteiger partial charge in [0.05, 0.1) is 10.2 Å². The largest absolute Gasteiger partial charge is 0.353 e. The van der Waals surface area contributed by atoms with Gasteiger partial charge in [-0.1, -0.05) is 11.3 Å². The van der Waals surface area contributed by atoms with Crippen LogP contribution in [-0.2, 0) is 4.79 Å². The number of piperidine rings is 1. The number of carbonyl (C=O) groups excluding carboxylic acids is 1. The Labute approximate surface area is 151 Å². The normalized spacial score (nSPS) is 19.5. The number of nitrogens with one attached hydrogen (secondary N) is 1. The molecule has 1 aromatic heterocycles. The summed E-state index contributed by atoms with van der Waals surface area (Å²) < 4.78 is 1.25. The van der Waals surface area contributed by atoms with Crippen LogP contribution in [0.25, 0.3) is 10.2 Å². The molecule has 2 aliphatic rings. The van der Waals surface area contributed by atoms with Crippen LogP contribution in [0.2, 0.25) is 0 Å². The van der Waals surface area contributed by atoms with E-state index in [9.17, 15) is 4.79 Å². The zero-order chi connectivity index (χ0) is 16.5. The van der Waals surface area contributed by atoms with Gasteiger partial charge in [0, 0.05) is 29.9 Å². The van der Waals surface area contributed by atoms with Gasteiger partial charge in [-0.15, -0.1) is 11.8 Å². The van der Waals surface area contributed by atoms with Crippen molar-refractivity contribution in [1.82, 2.24) is 10.3 Å². The molecular weight excluding hydrogens is 338 g/mol. The summed E-state index contributed by atoms with van der Waals surface area (Å²) in [6.45, 7) is 1.86. The average Bonchev–Trinajstić information content (AvgIpc) is 3.01.